The lowest BCUT2D eigenvalue weighted by atomic mass is 10.2. The second kappa shape index (κ2) is 6.06. The first-order valence-corrected chi connectivity index (χ1v) is 6.30. The van der Waals surface area contributed by atoms with E-state index in [1.54, 1.807) is 7.11 Å². The van der Waals surface area contributed by atoms with E-state index in [4.69, 9.17) is 16.3 Å². The summed E-state index contributed by atoms with van der Waals surface area (Å²) in [7, 11) is 1.66. The Hall–Kier alpha value is -1.02. The van der Waals surface area contributed by atoms with Gasteiger partial charge in [-0.1, -0.05) is 0 Å². The number of nitrogens with zero attached hydrogens (tertiary/aromatic N) is 1. The molecular weight excluding hydrogens is 234 g/mol. The van der Waals surface area contributed by atoms with Gasteiger partial charge in [0.05, 0.1) is 12.7 Å². The van der Waals surface area contributed by atoms with Crippen molar-refractivity contribution in [2.75, 3.05) is 7.11 Å². The van der Waals surface area contributed by atoms with Crippen LogP contribution in [0.3, 0.4) is 0 Å². The highest BCUT2D eigenvalue weighted by molar-refractivity contribution is 6.68. The van der Waals surface area contributed by atoms with Gasteiger partial charge in [0.25, 0.3) is 5.17 Å². The predicted molar refractivity (Wildman–Crippen MR) is 73.5 cm³/mol. The van der Waals surface area contributed by atoms with Gasteiger partial charge < -0.3 is 4.74 Å². The molecule has 17 heavy (non-hydrogen) atoms. The van der Waals surface area contributed by atoms with E-state index >= 15 is 0 Å². The Morgan fingerprint density at radius 2 is 1.53 bits per heavy atom. The van der Waals surface area contributed by atoms with Crippen LogP contribution in [-0.4, -0.2) is 28.9 Å². The van der Waals surface area contributed by atoms with Crippen LogP contribution in [0.15, 0.2) is 24.3 Å². The van der Waals surface area contributed by atoms with Crippen molar-refractivity contribution in [2.24, 2.45) is 0 Å². The van der Waals surface area contributed by atoms with Crippen molar-refractivity contribution in [1.82, 2.24) is 0 Å². The van der Waals surface area contributed by atoms with E-state index in [0.717, 1.165) is 16.5 Å². The molecule has 1 rings (SSSR count). The summed E-state index contributed by atoms with van der Waals surface area (Å²) in [6.45, 7) is 8.58. The third-order valence-electron chi connectivity index (χ3n) is 2.67. The summed E-state index contributed by atoms with van der Waals surface area (Å²) in [5.41, 5.74) is 1.02. The average Bonchev–Trinajstić information content (AvgIpc) is 2.28. The molecule has 0 unspecified atom stereocenters. The van der Waals surface area contributed by atoms with Crippen LogP contribution in [0, 0.1) is 0 Å². The number of hydrogen-bond donors (Lipinski definition) is 0. The fourth-order valence-electron chi connectivity index (χ4n) is 1.93. The smallest absolute Gasteiger partial charge is 0.277 e. The number of benzene rings is 1. The molecule has 2 nitrogen and oxygen atoms in total. The van der Waals surface area contributed by atoms with Crippen molar-refractivity contribution in [2.45, 2.75) is 39.8 Å². The van der Waals surface area contributed by atoms with Gasteiger partial charge in [-0.2, -0.15) is 0 Å². The Bertz CT molecular complexity index is 383. The molecule has 1 aromatic rings. The molecule has 0 aromatic heterocycles. The van der Waals surface area contributed by atoms with Crippen LogP contribution in [0.25, 0.3) is 0 Å². The zero-order valence-corrected chi connectivity index (χ0v) is 12.0. The van der Waals surface area contributed by atoms with E-state index in [1.807, 2.05) is 24.3 Å². The summed E-state index contributed by atoms with van der Waals surface area (Å²) in [6, 6.07) is 8.58. The van der Waals surface area contributed by atoms with E-state index in [9.17, 15) is 0 Å². The van der Waals surface area contributed by atoms with Gasteiger partial charge in [0.15, 0.2) is 0 Å². The van der Waals surface area contributed by atoms with Gasteiger partial charge in [-0.3, -0.25) is 0 Å². The molecule has 0 fully saturated rings. The van der Waals surface area contributed by atoms with Crippen LogP contribution in [0.2, 0.25) is 0 Å². The van der Waals surface area contributed by atoms with Crippen molar-refractivity contribution < 1.29 is 9.31 Å². The first kappa shape index (κ1) is 14.0. The predicted octanol–water partition coefficient (Wildman–Crippen LogP) is 3.51. The average molecular weight is 255 g/mol. The van der Waals surface area contributed by atoms with Crippen LogP contribution in [0.5, 0.6) is 5.75 Å². The first-order chi connectivity index (χ1) is 7.97. The van der Waals surface area contributed by atoms with Crippen molar-refractivity contribution >= 4 is 16.8 Å². The number of halogens is 1. The van der Waals surface area contributed by atoms with Crippen LogP contribution in [-0.2, 0) is 0 Å². The lowest BCUT2D eigenvalue weighted by molar-refractivity contribution is -0.585. The van der Waals surface area contributed by atoms with E-state index in [2.05, 4.69) is 32.3 Å². The van der Waals surface area contributed by atoms with Crippen LogP contribution < -0.4 is 4.74 Å². The maximum atomic E-state index is 6.46. The van der Waals surface area contributed by atoms with Gasteiger partial charge in [0, 0.05) is 0 Å². The number of hydrogen-bond acceptors (Lipinski definition) is 1. The van der Waals surface area contributed by atoms with Crippen molar-refractivity contribution in [3.05, 3.63) is 29.8 Å². The second-order valence-corrected chi connectivity index (χ2v) is 4.97. The van der Waals surface area contributed by atoms with Gasteiger partial charge in [-0.15, -0.1) is 0 Å². The van der Waals surface area contributed by atoms with Gasteiger partial charge in [0.1, 0.15) is 17.8 Å². The molecule has 0 heterocycles. The number of ether oxygens (including phenoxy) is 1. The molecule has 0 radical (unpaired) electrons. The molecule has 94 valence electrons. The molecule has 0 aliphatic carbocycles. The van der Waals surface area contributed by atoms with Gasteiger partial charge in [0.2, 0.25) is 0 Å². The van der Waals surface area contributed by atoms with E-state index in [0.29, 0.717) is 12.1 Å². The SMILES string of the molecule is COc1ccc(C(Cl)=[N+](C(C)C)C(C)C)cc1. The highest BCUT2D eigenvalue weighted by Gasteiger charge is 2.21. The largest absolute Gasteiger partial charge is 0.497 e. The molecule has 0 N–H and O–H groups in total. The van der Waals surface area contributed by atoms with Gasteiger partial charge in [-0.05, 0) is 63.6 Å². The molecule has 0 saturated heterocycles. The third kappa shape index (κ3) is 3.47. The van der Waals surface area contributed by atoms with E-state index in [1.165, 1.54) is 0 Å². The minimum absolute atomic E-state index is 0.379. The minimum atomic E-state index is 0.379. The van der Waals surface area contributed by atoms with Gasteiger partial charge >= 0.3 is 0 Å². The van der Waals surface area contributed by atoms with Crippen molar-refractivity contribution in [3.8, 4) is 5.75 Å². The molecule has 3 heteroatoms. The maximum Gasteiger partial charge on any atom is 0.277 e. The summed E-state index contributed by atoms with van der Waals surface area (Å²) in [5, 5.41) is 0.789. The third-order valence-corrected chi connectivity index (χ3v) is 3.08. The Labute approximate surface area is 109 Å². The quantitative estimate of drug-likeness (QED) is 0.592. The van der Waals surface area contributed by atoms with Crippen LogP contribution in [0.4, 0.5) is 0 Å². The molecule has 0 amide bonds. The topological polar surface area (TPSA) is 12.2 Å². The molecule has 0 atom stereocenters. The zero-order chi connectivity index (χ0) is 13.0. The molecule has 0 saturated carbocycles. The highest BCUT2D eigenvalue weighted by Crippen LogP contribution is 2.15. The normalized spacial score (nSPS) is 10.8. The van der Waals surface area contributed by atoms with Crippen LogP contribution in [0.1, 0.15) is 33.3 Å². The Morgan fingerprint density at radius 1 is 1.06 bits per heavy atom. The zero-order valence-electron chi connectivity index (χ0n) is 11.2. The summed E-state index contributed by atoms with van der Waals surface area (Å²) in [6.07, 6.45) is 0. The Balaban J connectivity index is 3.15. The van der Waals surface area contributed by atoms with E-state index in [-0.39, 0.29) is 0 Å². The monoisotopic (exact) mass is 254 g/mol. The lowest BCUT2D eigenvalue weighted by Gasteiger charge is -2.13. The first-order valence-electron chi connectivity index (χ1n) is 5.92. The highest BCUT2D eigenvalue weighted by atomic mass is 35.5. The van der Waals surface area contributed by atoms with Crippen LogP contribution >= 0.6 is 11.6 Å². The summed E-state index contributed by atoms with van der Waals surface area (Å²) in [4.78, 5) is 0. The molecule has 0 aliphatic heterocycles. The molecule has 0 spiro atoms. The summed E-state index contributed by atoms with van der Waals surface area (Å²) < 4.78 is 7.34. The molecular formula is C14H21ClNO+. The lowest BCUT2D eigenvalue weighted by Crippen LogP contribution is -2.31. The van der Waals surface area contributed by atoms with Crippen molar-refractivity contribution in [3.63, 3.8) is 0 Å². The van der Waals surface area contributed by atoms with Gasteiger partial charge in [-0.25, -0.2) is 4.58 Å². The Morgan fingerprint density at radius 3 is 1.88 bits per heavy atom. The number of rotatable bonds is 4. The number of methoxy groups -OCH3 is 1. The summed E-state index contributed by atoms with van der Waals surface area (Å²) in [5.74, 6) is 0.846. The molecule has 0 bridgehead atoms. The minimum Gasteiger partial charge on any atom is -0.497 e. The molecule has 0 aliphatic rings. The fourth-order valence-corrected chi connectivity index (χ4v) is 2.44. The second-order valence-electron chi connectivity index (χ2n) is 4.61. The summed E-state index contributed by atoms with van der Waals surface area (Å²) >= 11 is 6.46. The standard InChI is InChI=1S/C14H21ClNO/c1-10(2)16(11(3)4)14(15)12-6-8-13(17-5)9-7-12/h6-11H,1-5H3/q+1. The fraction of sp³-hybridized carbons (Fsp3) is 0.500. The van der Waals surface area contributed by atoms with E-state index < -0.39 is 0 Å². The van der Waals surface area contributed by atoms with Crippen molar-refractivity contribution in [1.29, 1.82) is 0 Å². The molecule has 1 aromatic carbocycles. The maximum absolute atomic E-state index is 6.46. The Kier molecular flexibility index (Phi) is 5.01.